The van der Waals surface area contributed by atoms with Crippen molar-refractivity contribution in [3.8, 4) is 0 Å². The predicted molar refractivity (Wildman–Crippen MR) is 58.5 cm³/mol. The van der Waals surface area contributed by atoms with Gasteiger partial charge in [0.05, 0.1) is 5.69 Å². The van der Waals surface area contributed by atoms with Crippen molar-refractivity contribution >= 4 is 11.8 Å². The molecule has 1 aromatic heterocycles. The van der Waals surface area contributed by atoms with Crippen LogP contribution in [0.2, 0.25) is 0 Å². The first kappa shape index (κ1) is 9.93. The van der Waals surface area contributed by atoms with Crippen LogP contribution in [0.3, 0.4) is 0 Å². The van der Waals surface area contributed by atoms with Crippen molar-refractivity contribution in [2.45, 2.75) is 30.0 Å². The first-order valence-electron chi connectivity index (χ1n) is 5.01. The standard InChI is InChI=1S/C10H15N3S/c1-8-10(13-6-5-12-8)14-9-3-2-4-11-7-9/h5-6,9,11H,2-4,7H2,1H3/t9-/m0/s1. The smallest absolute Gasteiger partial charge is 0.118 e. The molecule has 0 bridgehead atoms. The number of rotatable bonds is 2. The topological polar surface area (TPSA) is 37.8 Å². The lowest BCUT2D eigenvalue weighted by Gasteiger charge is -2.21. The van der Waals surface area contributed by atoms with Gasteiger partial charge in [-0.15, -0.1) is 0 Å². The highest BCUT2D eigenvalue weighted by atomic mass is 32.2. The Bertz CT molecular complexity index is 297. The molecule has 76 valence electrons. The minimum Gasteiger partial charge on any atom is -0.316 e. The SMILES string of the molecule is Cc1nccnc1S[C@H]1CCCNC1. The Labute approximate surface area is 88.7 Å². The van der Waals surface area contributed by atoms with Crippen molar-refractivity contribution in [1.82, 2.24) is 15.3 Å². The zero-order valence-electron chi connectivity index (χ0n) is 8.36. The van der Waals surface area contributed by atoms with E-state index in [1.807, 2.05) is 18.7 Å². The Morgan fingerprint density at radius 2 is 2.29 bits per heavy atom. The van der Waals surface area contributed by atoms with Crippen LogP contribution in [0.1, 0.15) is 18.5 Å². The summed E-state index contributed by atoms with van der Waals surface area (Å²) in [5.74, 6) is 0. The molecule has 0 aliphatic carbocycles. The molecule has 1 fully saturated rings. The van der Waals surface area contributed by atoms with E-state index < -0.39 is 0 Å². The summed E-state index contributed by atoms with van der Waals surface area (Å²) in [4.78, 5) is 8.59. The molecule has 14 heavy (non-hydrogen) atoms. The van der Waals surface area contributed by atoms with Crippen molar-refractivity contribution in [1.29, 1.82) is 0 Å². The molecule has 0 radical (unpaired) electrons. The highest BCUT2D eigenvalue weighted by Gasteiger charge is 2.15. The molecule has 1 saturated heterocycles. The summed E-state index contributed by atoms with van der Waals surface area (Å²) in [5.41, 5.74) is 1.04. The monoisotopic (exact) mass is 209 g/mol. The summed E-state index contributed by atoms with van der Waals surface area (Å²) in [6.45, 7) is 4.28. The molecular formula is C10H15N3S. The number of aromatic nitrogens is 2. The molecule has 0 aromatic carbocycles. The number of aryl methyl sites for hydroxylation is 1. The zero-order chi connectivity index (χ0) is 9.80. The molecule has 1 aliphatic rings. The number of thioether (sulfide) groups is 1. The molecule has 2 heterocycles. The van der Waals surface area contributed by atoms with Gasteiger partial charge in [-0.3, -0.25) is 4.98 Å². The molecule has 2 rings (SSSR count). The van der Waals surface area contributed by atoms with Crippen molar-refractivity contribution < 1.29 is 0 Å². The Morgan fingerprint density at radius 1 is 1.43 bits per heavy atom. The van der Waals surface area contributed by atoms with Gasteiger partial charge >= 0.3 is 0 Å². The molecule has 4 heteroatoms. The lowest BCUT2D eigenvalue weighted by Crippen LogP contribution is -2.31. The Kier molecular flexibility index (Phi) is 3.37. The second-order valence-electron chi connectivity index (χ2n) is 3.53. The van der Waals surface area contributed by atoms with Crippen LogP contribution in [-0.2, 0) is 0 Å². The second kappa shape index (κ2) is 4.75. The fourth-order valence-electron chi connectivity index (χ4n) is 1.59. The minimum atomic E-state index is 0.666. The Morgan fingerprint density at radius 3 is 3.00 bits per heavy atom. The zero-order valence-corrected chi connectivity index (χ0v) is 9.18. The third kappa shape index (κ3) is 2.45. The quantitative estimate of drug-likeness (QED) is 0.803. The van der Waals surface area contributed by atoms with Crippen molar-refractivity contribution in [3.63, 3.8) is 0 Å². The first-order chi connectivity index (χ1) is 6.86. The van der Waals surface area contributed by atoms with E-state index >= 15 is 0 Å². The number of hydrogen-bond acceptors (Lipinski definition) is 4. The molecular weight excluding hydrogens is 194 g/mol. The third-order valence-electron chi connectivity index (χ3n) is 2.37. The van der Waals surface area contributed by atoms with Crippen LogP contribution in [0.5, 0.6) is 0 Å². The van der Waals surface area contributed by atoms with Crippen LogP contribution in [-0.4, -0.2) is 28.3 Å². The Hall–Kier alpha value is -0.610. The molecule has 1 atom stereocenters. The lowest BCUT2D eigenvalue weighted by molar-refractivity contribution is 0.531. The molecule has 0 unspecified atom stereocenters. The van der Waals surface area contributed by atoms with E-state index in [0.717, 1.165) is 23.8 Å². The van der Waals surface area contributed by atoms with Crippen molar-refractivity contribution in [2.24, 2.45) is 0 Å². The van der Waals surface area contributed by atoms with E-state index in [1.165, 1.54) is 12.8 Å². The summed E-state index contributed by atoms with van der Waals surface area (Å²) >= 11 is 1.86. The summed E-state index contributed by atoms with van der Waals surface area (Å²) < 4.78 is 0. The molecule has 1 aliphatic heterocycles. The number of nitrogens with one attached hydrogen (secondary N) is 1. The highest BCUT2D eigenvalue weighted by molar-refractivity contribution is 7.99. The average Bonchev–Trinajstić information content (AvgIpc) is 2.23. The normalized spacial score (nSPS) is 22.2. The molecule has 1 N–H and O–H groups in total. The summed E-state index contributed by atoms with van der Waals surface area (Å²) in [7, 11) is 0. The minimum absolute atomic E-state index is 0.666. The number of nitrogens with zero attached hydrogens (tertiary/aromatic N) is 2. The molecule has 0 amide bonds. The van der Waals surface area contributed by atoms with Crippen LogP contribution >= 0.6 is 11.8 Å². The van der Waals surface area contributed by atoms with Crippen LogP contribution in [0.25, 0.3) is 0 Å². The van der Waals surface area contributed by atoms with E-state index in [0.29, 0.717) is 5.25 Å². The van der Waals surface area contributed by atoms with Crippen molar-refractivity contribution in [2.75, 3.05) is 13.1 Å². The lowest BCUT2D eigenvalue weighted by atomic mass is 10.2. The van der Waals surface area contributed by atoms with E-state index in [2.05, 4.69) is 15.3 Å². The van der Waals surface area contributed by atoms with Gasteiger partial charge in [0.2, 0.25) is 0 Å². The molecule has 1 aromatic rings. The molecule has 0 spiro atoms. The van der Waals surface area contributed by atoms with Crippen molar-refractivity contribution in [3.05, 3.63) is 18.1 Å². The van der Waals surface area contributed by atoms with Gasteiger partial charge in [-0.05, 0) is 26.3 Å². The average molecular weight is 209 g/mol. The summed E-state index contributed by atoms with van der Waals surface area (Å²) in [6.07, 6.45) is 6.08. The summed E-state index contributed by atoms with van der Waals surface area (Å²) in [6, 6.07) is 0. The van der Waals surface area contributed by atoms with Crippen LogP contribution in [0.15, 0.2) is 17.4 Å². The van der Waals surface area contributed by atoms with Gasteiger partial charge in [0.25, 0.3) is 0 Å². The maximum atomic E-state index is 4.35. The number of piperidine rings is 1. The molecule has 3 nitrogen and oxygen atoms in total. The van der Waals surface area contributed by atoms with Crippen LogP contribution in [0.4, 0.5) is 0 Å². The first-order valence-corrected chi connectivity index (χ1v) is 5.89. The van der Waals surface area contributed by atoms with Gasteiger partial charge in [0.15, 0.2) is 0 Å². The van der Waals surface area contributed by atoms with Gasteiger partial charge in [-0.25, -0.2) is 4.98 Å². The van der Waals surface area contributed by atoms with Gasteiger partial charge in [0.1, 0.15) is 5.03 Å². The largest absolute Gasteiger partial charge is 0.316 e. The second-order valence-corrected chi connectivity index (χ2v) is 4.82. The fraction of sp³-hybridized carbons (Fsp3) is 0.600. The third-order valence-corrected chi connectivity index (χ3v) is 3.73. The van der Waals surface area contributed by atoms with E-state index in [-0.39, 0.29) is 0 Å². The number of hydrogen-bond donors (Lipinski definition) is 1. The van der Waals surface area contributed by atoms with Gasteiger partial charge in [-0.1, -0.05) is 11.8 Å². The maximum Gasteiger partial charge on any atom is 0.118 e. The van der Waals surface area contributed by atoms with E-state index in [9.17, 15) is 0 Å². The van der Waals surface area contributed by atoms with E-state index in [1.54, 1.807) is 12.4 Å². The highest BCUT2D eigenvalue weighted by Crippen LogP contribution is 2.26. The van der Waals surface area contributed by atoms with Gasteiger partial charge in [-0.2, -0.15) is 0 Å². The Balaban J connectivity index is 1.99. The van der Waals surface area contributed by atoms with Gasteiger partial charge in [0, 0.05) is 24.2 Å². The maximum absolute atomic E-state index is 4.35. The predicted octanol–water partition coefficient (Wildman–Crippen LogP) is 1.63. The summed E-state index contributed by atoms with van der Waals surface area (Å²) in [5, 5.41) is 5.16. The van der Waals surface area contributed by atoms with E-state index in [4.69, 9.17) is 0 Å². The fourth-order valence-corrected chi connectivity index (χ4v) is 2.74. The van der Waals surface area contributed by atoms with Crippen LogP contribution in [0, 0.1) is 6.92 Å². The van der Waals surface area contributed by atoms with Crippen LogP contribution < -0.4 is 5.32 Å². The molecule has 0 saturated carbocycles. The van der Waals surface area contributed by atoms with Gasteiger partial charge < -0.3 is 5.32 Å².